The molecule has 0 aromatic heterocycles. The summed E-state index contributed by atoms with van der Waals surface area (Å²) in [6.45, 7) is 1.77. The zero-order chi connectivity index (χ0) is 12.4. The zero-order valence-electron chi connectivity index (χ0n) is 10.4. The molecule has 1 aromatic carbocycles. The molecule has 1 aliphatic rings. The molecule has 0 fully saturated rings. The van der Waals surface area contributed by atoms with Gasteiger partial charge in [0, 0.05) is 45.0 Å². The molecule has 0 spiro atoms. The van der Waals surface area contributed by atoms with Gasteiger partial charge in [-0.3, -0.25) is 4.79 Å². The number of nitrogen functional groups attached to an aromatic ring is 1. The smallest absolute Gasteiger partial charge is 0.223 e. The van der Waals surface area contributed by atoms with Crippen LogP contribution in [0.3, 0.4) is 0 Å². The molecule has 4 nitrogen and oxygen atoms in total. The van der Waals surface area contributed by atoms with E-state index >= 15 is 0 Å². The van der Waals surface area contributed by atoms with Crippen molar-refractivity contribution in [2.24, 2.45) is 0 Å². The first-order valence-electron chi connectivity index (χ1n) is 5.91. The van der Waals surface area contributed by atoms with Gasteiger partial charge in [0.1, 0.15) is 0 Å². The molecule has 0 atom stereocenters. The van der Waals surface area contributed by atoms with Crippen LogP contribution in [0.5, 0.6) is 0 Å². The third-order valence-corrected chi connectivity index (χ3v) is 3.19. The van der Waals surface area contributed by atoms with Gasteiger partial charge in [0.2, 0.25) is 5.91 Å². The highest BCUT2D eigenvalue weighted by atomic mass is 16.2. The molecule has 0 saturated heterocycles. The Balaban J connectivity index is 2.00. The molecule has 92 valence electrons. The van der Waals surface area contributed by atoms with E-state index in [0.29, 0.717) is 6.42 Å². The number of anilines is 2. The second-order valence-corrected chi connectivity index (χ2v) is 4.66. The van der Waals surface area contributed by atoms with Gasteiger partial charge in [0.25, 0.3) is 0 Å². The summed E-state index contributed by atoms with van der Waals surface area (Å²) >= 11 is 0. The van der Waals surface area contributed by atoms with Gasteiger partial charge in [-0.25, -0.2) is 0 Å². The van der Waals surface area contributed by atoms with E-state index in [1.54, 1.807) is 19.0 Å². The van der Waals surface area contributed by atoms with Crippen molar-refractivity contribution in [3.05, 3.63) is 23.8 Å². The Hall–Kier alpha value is -1.71. The number of carbonyl (C=O) groups excluding carboxylic acids is 1. The van der Waals surface area contributed by atoms with Crippen molar-refractivity contribution in [1.82, 2.24) is 4.90 Å². The number of hydrogen-bond acceptors (Lipinski definition) is 3. The Bertz CT molecular complexity index is 429. The minimum atomic E-state index is 0.175. The van der Waals surface area contributed by atoms with Crippen molar-refractivity contribution >= 4 is 17.3 Å². The van der Waals surface area contributed by atoms with Gasteiger partial charge in [-0.05, 0) is 30.2 Å². The van der Waals surface area contributed by atoms with Crippen LogP contribution >= 0.6 is 0 Å². The Morgan fingerprint density at radius 2 is 2.24 bits per heavy atom. The number of nitrogens with two attached hydrogens (primary N) is 1. The van der Waals surface area contributed by atoms with Gasteiger partial charge in [-0.15, -0.1) is 0 Å². The van der Waals surface area contributed by atoms with Crippen LogP contribution in [0.25, 0.3) is 0 Å². The van der Waals surface area contributed by atoms with Crippen molar-refractivity contribution in [1.29, 1.82) is 0 Å². The fourth-order valence-electron chi connectivity index (χ4n) is 2.18. The lowest BCUT2D eigenvalue weighted by atomic mass is 10.1. The molecule has 1 amide bonds. The van der Waals surface area contributed by atoms with E-state index in [1.165, 1.54) is 11.3 Å². The fraction of sp³-hybridized carbons (Fsp3) is 0.462. The maximum Gasteiger partial charge on any atom is 0.223 e. The van der Waals surface area contributed by atoms with Crippen LogP contribution in [0.2, 0.25) is 0 Å². The van der Waals surface area contributed by atoms with E-state index < -0.39 is 0 Å². The van der Waals surface area contributed by atoms with Crippen LogP contribution in [-0.2, 0) is 11.2 Å². The van der Waals surface area contributed by atoms with Gasteiger partial charge in [0.15, 0.2) is 0 Å². The van der Waals surface area contributed by atoms with Gasteiger partial charge >= 0.3 is 0 Å². The van der Waals surface area contributed by atoms with Gasteiger partial charge in [-0.2, -0.15) is 0 Å². The number of carbonyl (C=O) groups is 1. The molecule has 4 heteroatoms. The van der Waals surface area contributed by atoms with Crippen LogP contribution < -0.4 is 10.6 Å². The van der Waals surface area contributed by atoms with Crippen LogP contribution in [-0.4, -0.2) is 38.0 Å². The Morgan fingerprint density at radius 3 is 2.94 bits per heavy atom. The predicted octanol–water partition coefficient (Wildman–Crippen LogP) is 1.11. The SMILES string of the molecule is CN(C)C(=O)CCN1CCc2cc(N)ccc21. The summed E-state index contributed by atoms with van der Waals surface area (Å²) in [5, 5.41) is 0. The average Bonchev–Trinajstić information content (AvgIpc) is 2.67. The lowest BCUT2D eigenvalue weighted by Gasteiger charge is -2.20. The molecule has 0 aliphatic carbocycles. The summed E-state index contributed by atoms with van der Waals surface area (Å²) in [4.78, 5) is 15.4. The zero-order valence-corrected chi connectivity index (χ0v) is 10.4. The third-order valence-electron chi connectivity index (χ3n) is 3.19. The second-order valence-electron chi connectivity index (χ2n) is 4.66. The minimum Gasteiger partial charge on any atom is -0.399 e. The lowest BCUT2D eigenvalue weighted by Crippen LogP contribution is -2.29. The number of hydrogen-bond donors (Lipinski definition) is 1. The lowest BCUT2D eigenvalue weighted by molar-refractivity contribution is -0.128. The topological polar surface area (TPSA) is 49.6 Å². The third kappa shape index (κ3) is 2.52. The van der Waals surface area contributed by atoms with Crippen molar-refractivity contribution in [3.63, 3.8) is 0 Å². The van der Waals surface area contributed by atoms with Crippen molar-refractivity contribution in [3.8, 4) is 0 Å². The van der Waals surface area contributed by atoms with Crippen LogP contribution in [0.1, 0.15) is 12.0 Å². The summed E-state index contributed by atoms with van der Waals surface area (Å²) in [6, 6.07) is 6.01. The maximum atomic E-state index is 11.5. The highest BCUT2D eigenvalue weighted by Gasteiger charge is 2.19. The molecule has 2 N–H and O–H groups in total. The predicted molar refractivity (Wildman–Crippen MR) is 70.1 cm³/mol. The van der Waals surface area contributed by atoms with Crippen molar-refractivity contribution < 1.29 is 4.79 Å². The number of nitrogens with zero attached hydrogens (tertiary/aromatic N) is 2. The summed E-state index contributed by atoms with van der Waals surface area (Å²) in [6.07, 6.45) is 1.59. The van der Waals surface area contributed by atoms with Crippen LogP contribution in [0, 0.1) is 0 Å². The monoisotopic (exact) mass is 233 g/mol. The van der Waals surface area contributed by atoms with E-state index in [9.17, 15) is 4.79 Å². The number of benzene rings is 1. The normalized spacial score (nSPS) is 13.6. The highest BCUT2D eigenvalue weighted by Crippen LogP contribution is 2.29. The van der Waals surface area contributed by atoms with E-state index in [4.69, 9.17) is 5.73 Å². The second kappa shape index (κ2) is 4.65. The van der Waals surface area contributed by atoms with Gasteiger partial charge in [0.05, 0.1) is 0 Å². The standard InChI is InChI=1S/C13H19N3O/c1-15(2)13(17)6-8-16-7-5-10-9-11(14)3-4-12(10)16/h3-4,9H,5-8,14H2,1-2H3. The quantitative estimate of drug-likeness (QED) is 0.796. The van der Waals surface area contributed by atoms with Crippen molar-refractivity contribution in [2.45, 2.75) is 12.8 Å². The summed E-state index contributed by atoms with van der Waals surface area (Å²) in [7, 11) is 3.59. The van der Waals surface area contributed by atoms with Crippen LogP contribution in [0.15, 0.2) is 18.2 Å². The Labute approximate surface area is 102 Å². The van der Waals surface area contributed by atoms with E-state index in [2.05, 4.69) is 11.0 Å². The summed E-state index contributed by atoms with van der Waals surface area (Å²) < 4.78 is 0. The molecule has 0 bridgehead atoms. The molecule has 1 heterocycles. The number of amides is 1. The van der Waals surface area contributed by atoms with E-state index in [0.717, 1.165) is 25.2 Å². The minimum absolute atomic E-state index is 0.175. The first-order chi connectivity index (χ1) is 8.08. The molecule has 0 saturated carbocycles. The molecule has 17 heavy (non-hydrogen) atoms. The maximum absolute atomic E-state index is 11.5. The van der Waals surface area contributed by atoms with E-state index in [1.807, 2.05) is 12.1 Å². The molecule has 1 aliphatic heterocycles. The molecule has 0 radical (unpaired) electrons. The molecule has 1 aromatic rings. The van der Waals surface area contributed by atoms with Crippen LogP contribution in [0.4, 0.5) is 11.4 Å². The van der Waals surface area contributed by atoms with Crippen molar-refractivity contribution in [2.75, 3.05) is 37.8 Å². The first kappa shape index (κ1) is 11.8. The highest BCUT2D eigenvalue weighted by molar-refractivity contribution is 5.76. The Morgan fingerprint density at radius 1 is 1.47 bits per heavy atom. The number of rotatable bonds is 3. The number of fused-ring (bicyclic) bond motifs is 1. The molecule has 0 unspecified atom stereocenters. The average molecular weight is 233 g/mol. The van der Waals surface area contributed by atoms with Gasteiger partial charge < -0.3 is 15.5 Å². The molecule has 2 rings (SSSR count). The van der Waals surface area contributed by atoms with E-state index in [-0.39, 0.29) is 5.91 Å². The first-order valence-corrected chi connectivity index (χ1v) is 5.91. The Kier molecular flexibility index (Phi) is 3.22. The summed E-state index contributed by atoms with van der Waals surface area (Å²) in [5.74, 6) is 0.175. The van der Waals surface area contributed by atoms with Gasteiger partial charge in [-0.1, -0.05) is 0 Å². The largest absolute Gasteiger partial charge is 0.399 e. The summed E-state index contributed by atoms with van der Waals surface area (Å²) in [5.41, 5.74) is 9.10. The molecular formula is C13H19N3O. The molecular weight excluding hydrogens is 214 g/mol. The fourth-order valence-corrected chi connectivity index (χ4v) is 2.18.